The predicted octanol–water partition coefficient (Wildman–Crippen LogP) is 3.60. The minimum absolute atomic E-state index is 0.0578. The van der Waals surface area contributed by atoms with Crippen molar-refractivity contribution >= 4 is 5.97 Å². The zero-order chi connectivity index (χ0) is 14.8. The van der Waals surface area contributed by atoms with Crippen molar-refractivity contribution in [2.24, 2.45) is 0 Å². The average molecular weight is 269 g/mol. The molecule has 1 atom stereocenters. The largest absolute Gasteiger partial charge is 0.480 e. The highest BCUT2D eigenvalue weighted by Crippen LogP contribution is 2.27. The molecule has 0 spiro atoms. The summed E-state index contributed by atoms with van der Waals surface area (Å²) in [7, 11) is 0. The molecular formula is C17H19NO2. The fourth-order valence-corrected chi connectivity index (χ4v) is 2.16. The predicted molar refractivity (Wildman–Crippen MR) is 78.9 cm³/mol. The lowest BCUT2D eigenvalue weighted by molar-refractivity contribution is -0.137. The van der Waals surface area contributed by atoms with Gasteiger partial charge in [-0.3, -0.25) is 9.78 Å². The highest BCUT2D eigenvalue weighted by atomic mass is 16.4. The van der Waals surface area contributed by atoms with Crippen LogP contribution in [-0.2, 0) is 10.2 Å². The number of aliphatic carboxylic acids is 1. The normalized spacial score (nSPS) is 12.9. The summed E-state index contributed by atoms with van der Waals surface area (Å²) in [4.78, 5) is 15.7. The highest BCUT2D eigenvalue weighted by Gasteiger charge is 2.23. The lowest BCUT2D eigenvalue weighted by Crippen LogP contribution is -2.15. The van der Waals surface area contributed by atoms with Crippen molar-refractivity contribution in [1.29, 1.82) is 0 Å². The number of hydrogen-bond donors (Lipinski definition) is 1. The van der Waals surface area contributed by atoms with E-state index in [0.29, 0.717) is 5.69 Å². The summed E-state index contributed by atoms with van der Waals surface area (Å²) in [5, 5.41) is 9.47. The van der Waals surface area contributed by atoms with Crippen molar-refractivity contribution in [1.82, 2.24) is 4.98 Å². The Balaban J connectivity index is 2.39. The summed E-state index contributed by atoms with van der Waals surface area (Å²) in [6, 6.07) is 13.1. The molecule has 0 radical (unpaired) electrons. The van der Waals surface area contributed by atoms with Crippen molar-refractivity contribution in [2.75, 3.05) is 0 Å². The third-order valence-electron chi connectivity index (χ3n) is 3.34. The van der Waals surface area contributed by atoms with Crippen LogP contribution in [0.2, 0.25) is 0 Å². The first-order valence-corrected chi connectivity index (χ1v) is 6.64. The van der Waals surface area contributed by atoms with E-state index in [0.717, 1.165) is 5.56 Å². The van der Waals surface area contributed by atoms with Gasteiger partial charge in [0, 0.05) is 6.20 Å². The van der Waals surface area contributed by atoms with E-state index < -0.39 is 11.9 Å². The molecule has 0 aliphatic heterocycles. The van der Waals surface area contributed by atoms with Crippen LogP contribution in [0.15, 0.2) is 48.7 Å². The van der Waals surface area contributed by atoms with Crippen molar-refractivity contribution in [3.8, 4) is 0 Å². The van der Waals surface area contributed by atoms with Crippen LogP contribution in [0, 0.1) is 0 Å². The second kappa shape index (κ2) is 5.45. The number of benzene rings is 1. The van der Waals surface area contributed by atoms with Crippen LogP contribution >= 0.6 is 0 Å². The van der Waals surface area contributed by atoms with Gasteiger partial charge in [0.15, 0.2) is 0 Å². The summed E-state index contributed by atoms with van der Waals surface area (Å²) in [5.41, 5.74) is 2.56. The van der Waals surface area contributed by atoms with Crippen LogP contribution in [0.25, 0.3) is 0 Å². The molecule has 1 aromatic carbocycles. The van der Waals surface area contributed by atoms with Crippen LogP contribution in [-0.4, -0.2) is 16.1 Å². The second-order valence-electron chi connectivity index (χ2n) is 5.90. The third-order valence-corrected chi connectivity index (χ3v) is 3.34. The smallest absolute Gasteiger partial charge is 0.317 e. The van der Waals surface area contributed by atoms with Crippen molar-refractivity contribution < 1.29 is 9.90 Å². The number of nitrogens with zero attached hydrogens (tertiary/aromatic N) is 1. The Morgan fingerprint density at radius 2 is 1.75 bits per heavy atom. The zero-order valence-corrected chi connectivity index (χ0v) is 12.0. The van der Waals surface area contributed by atoms with Gasteiger partial charge in [-0.05, 0) is 28.7 Å². The van der Waals surface area contributed by atoms with Gasteiger partial charge < -0.3 is 5.11 Å². The van der Waals surface area contributed by atoms with Crippen LogP contribution in [0.5, 0.6) is 0 Å². The minimum atomic E-state index is -0.882. The molecule has 1 heterocycles. The monoisotopic (exact) mass is 269 g/mol. The fourth-order valence-electron chi connectivity index (χ4n) is 2.16. The van der Waals surface area contributed by atoms with Gasteiger partial charge >= 0.3 is 5.97 Å². The first-order valence-electron chi connectivity index (χ1n) is 6.64. The molecule has 2 rings (SSSR count). The Bertz CT molecular complexity index is 583. The number of rotatable bonds is 3. The second-order valence-corrected chi connectivity index (χ2v) is 5.90. The van der Waals surface area contributed by atoms with Gasteiger partial charge in [0.2, 0.25) is 0 Å². The summed E-state index contributed by atoms with van der Waals surface area (Å²) in [5.74, 6) is -1.60. The SMILES string of the molecule is CC(C)(C)c1ccc(C(C(=O)O)c2ccccn2)cc1. The van der Waals surface area contributed by atoms with Gasteiger partial charge in [-0.15, -0.1) is 0 Å². The first-order chi connectivity index (χ1) is 9.39. The van der Waals surface area contributed by atoms with E-state index in [4.69, 9.17) is 0 Å². The van der Waals surface area contributed by atoms with E-state index in [9.17, 15) is 9.90 Å². The molecule has 0 aliphatic rings. The van der Waals surface area contributed by atoms with Crippen LogP contribution < -0.4 is 0 Å². The summed E-state index contributed by atoms with van der Waals surface area (Å²) < 4.78 is 0. The number of aromatic nitrogens is 1. The molecule has 2 aromatic rings. The lowest BCUT2D eigenvalue weighted by Gasteiger charge is -2.20. The molecular weight excluding hydrogens is 250 g/mol. The highest BCUT2D eigenvalue weighted by molar-refractivity contribution is 5.79. The number of carboxylic acids is 1. The standard InChI is InChI=1S/C17H19NO2/c1-17(2,3)13-9-7-12(8-10-13)15(16(19)20)14-6-4-5-11-18-14/h4-11,15H,1-3H3,(H,19,20). The van der Waals surface area contributed by atoms with Gasteiger partial charge in [0.05, 0.1) is 5.69 Å². The Labute approximate surface area is 119 Å². The maximum atomic E-state index is 11.5. The van der Waals surface area contributed by atoms with Crippen LogP contribution in [0.4, 0.5) is 0 Å². The Hall–Kier alpha value is -2.16. The average Bonchev–Trinajstić information content (AvgIpc) is 2.39. The minimum Gasteiger partial charge on any atom is -0.480 e. The summed E-state index contributed by atoms with van der Waals surface area (Å²) in [6.07, 6.45) is 1.62. The molecule has 0 saturated heterocycles. The Kier molecular flexibility index (Phi) is 3.89. The molecule has 1 aromatic heterocycles. The van der Waals surface area contributed by atoms with E-state index in [1.165, 1.54) is 5.56 Å². The van der Waals surface area contributed by atoms with E-state index in [-0.39, 0.29) is 5.41 Å². The molecule has 3 nitrogen and oxygen atoms in total. The number of carbonyl (C=O) groups is 1. The Morgan fingerprint density at radius 1 is 1.10 bits per heavy atom. The molecule has 0 amide bonds. The fraction of sp³-hybridized carbons (Fsp3) is 0.294. The molecule has 0 fully saturated rings. The molecule has 1 unspecified atom stereocenters. The third kappa shape index (κ3) is 3.05. The zero-order valence-electron chi connectivity index (χ0n) is 12.0. The molecule has 20 heavy (non-hydrogen) atoms. The van der Waals surface area contributed by atoms with Gasteiger partial charge in [-0.25, -0.2) is 0 Å². The lowest BCUT2D eigenvalue weighted by atomic mass is 9.85. The Morgan fingerprint density at radius 3 is 2.20 bits per heavy atom. The van der Waals surface area contributed by atoms with E-state index >= 15 is 0 Å². The molecule has 0 bridgehead atoms. The van der Waals surface area contributed by atoms with Gasteiger partial charge in [-0.1, -0.05) is 51.1 Å². The number of carboxylic acid groups (broad SMARTS) is 1. The quantitative estimate of drug-likeness (QED) is 0.926. The van der Waals surface area contributed by atoms with Crippen molar-refractivity contribution in [3.05, 3.63) is 65.5 Å². The molecule has 0 aliphatic carbocycles. The number of hydrogen-bond acceptors (Lipinski definition) is 2. The van der Waals surface area contributed by atoms with E-state index in [2.05, 4.69) is 25.8 Å². The molecule has 104 valence electrons. The van der Waals surface area contributed by atoms with Crippen molar-refractivity contribution in [2.45, 2.75) is 32.1 Å². The van der Waals surface area contributed by atoms with E-state index in [1.54, 1.807) is 18.3 Å². The van der Waals surface area contributed by atoms with Crippen molar-refractivity contribution in [3.63, 3.8) is 0 Å². The van der Waals surface area contributed by atoms with Crippen LogP contribution in [0.1, 0.15) is 43.5 Å². The van der Waals surface area contributed by atoms with E-state index in [1.807, 2.05) is 30.3 Å². The maximum Gasteiger partial charge on any atom is 0.317 e. The van der Waals surface area contributed by atoms with Gasteiger partial charge in [0.1, 0.15) is 5.92 Å². The topological polar surface area (TPSA) is 50.2 Å². The maximum absolute atomic E-state index is 11.5. The van der Waals surface area contributed by atoms with Gasteiger partial charge in [-0.2, -0.15) is 0 Å². The van der Waals surface area contributed by atoms with Gasteiger partial charge in [0.25, 0.3) is 0 Å². The number of pyridine rings is 1. The molecule has 1 N–H and O–H groups in total. The summed E-state index contributed by atoms with van der Waals surface area (Å²) in [6.45, 7) is 6.40. The summed E-state index contributed by atoms with van der Waals surface area (Å²) >= 11 is 0. The molecule has 3 heteroatoms. The molecule has 0 saturated carbocycles. The first kappa shape index (κ1) is 14.3. The van der Waals surface area contributed by atoms with Crippen LogP contribution in [0.3, 0.4) is 0 Å².